The molecule has 1 aromatic heterocycles. The largest absolute Gasteiger partial charge is 0.481 e. The van der Waals surface area contributed by atoms with Crippen LogP contribution in [0.25, 0.3) is 0 Å². The van der Waals surface area contributed by atoms with Gasteiger partial charge in [0.05, 0.1) is 19.2 Å². The molecule has 2 N–H and O–H groups in total. The lowest BCUT2D eigenvalue weighted by molar-refractivity contribution is -0.137. The molecule has 0 saturated carbocycles. The minimum Gasteiger partial charge on any atom is -0.481 e. The topological polar surface area (TPSA) is 104 Å². The lowest BCUT2D eigenvalue weighted by Crippen LogP contribution is -2.47. The van der Waals surface area contributed by atoms with Crippen molar-refractivity contribution in [2.45, 2.75) is 18.9 Å². The number of esters is 1. The molecular weight excluding hydrogens is 388 g/mol. The number of aliphatic carboxylic acids is 1. The Morgan fingerprint density at radius 2 is 2.33 bits per heavy atom. The zero-order valence-electron chi connectivity index (χ0n) is 15.0. The molecule has 0 bridgehead atoms. The molecule has 1 fully saturated rings. The summed E-state index contributed by atoms with van der Waals surface area (Å²) in [6.07, 6.45) is 2.45. The maximum absolute atomic E-state index is 12.2. The molecule has 146 valence electrons. The number of ether oxygens (including phenoxy) is 1. The number of hydrogen-bond acceptors (Lipinski definition) is 9. The van der Waals surface area contributed by atoms with Gasteiger partial charge in [0.15, 0.2) is 10.8 Å². The number of hydrogen-bond donors (Lipinski definition) is 2. The highest BCUT2D eigenvalue weighted by Crippen LogP contribution is 2.23. The quantitative estimate of drug-likeness (QED) is 0.647. The first kappa shape index (κ1) is 19.8. The fourth-order valence-corrected chi connectivity index (χ4v) is 4.85. The van der Waals surface area contributed by atoms with Gasteiger partial charge >= 0.3 is 11.9 Å². The van der Waals surface area contributed by atoms with Gasteiger partial charge in [-0.2, -0.15) is 11.8 Å². The van der Waals surface area contributed by atoms with E-state index in [2.05, 4.69) is 20.2 Å². The van der Waals surface area contributed by atoms with Crippen LogP contribution >= 0.6 is 23.1 Å². The van der Waals surface area contributed by atoms with E-state index in [0.717, 1.165) is 28.8 Å². The van der Waals surface area contributed by atoms with Gasteiger partial charge < -0.3 is 15.2 Å². The van der Waals surface area contributed by atoms with Gasteiger partial charge in [-0.25, -0.2) is 9.78 Å². The second-order valence-corrected chi connectivity index (χ2v) is 8.25. The minimum absolute atomic E-state index is 0.143. The van der Waals surface area contributed by atoms with Crippen LogP contribution in [0.4, 0.5) is 0 Å². The van der Waals surface area contributed by atoms with E-state index in [1.165, 1.54) is 18.4 Å². The van der Waals surface area contributed by atoms with Crippen LogP contribution in [-0.4, -0.2) is 77.1 Å². The number of carboxylic acids is 1. The van der Waals surface area contributed by atoms with Gasteiger partial charge in [0.25, 0.3) is 0 Å². The summed E-state index contributed by atoms with van der Waals surface area (Å²) in [6, 6.07) is 0.162. The van der Waals surface area contributed by atoms with Crippen LogP contribution < -0.4 is 5.32 Å². The third-order valence-electron chi connectivity index (χ3n) is 4.50. The second kappa shape index (κ2) is 9.34. The molecule has 0 radical (unpaired) electrons. The van der Waals surface area contributed by atoms with Crippen molar-refractivity contribution in [3.63, 3.8) is 0 Å². The molecule has 0 spiro atoms. The molecule has 3 rings (SSSR count). The number of nitrogens with zero attached hydrogens (tertiary/aromatic N) is 3. The number of amidine groups is 1. The number of aromatic nitrogens is 1. The highest BCUT2D eigenvalue weighted by atomic mass is 32.2. The molecule has 3 heterocycles. The Hall–Kier alpha value is -1.91. The molecule has 1 aromatic rings. The van der Waals surface area contributed by atoms with Crippen LogP contribution in [0.2, 0.25) is 0 Å². The van der Waals surface area contributed by atoms with Gasteiger partial charge in [-0.3, -0.25) is 14.7 Å². The van der Waals surface area contributed by atoms with Crippen LogP contribution in [0, 0.1) is 0 Å². The van der Waals surface area contributed by atoms with E-state index < -0.39 is 11.9 Å². The first-order valence-corrected chi connectivity index (χ1v) is 10.7. The zero-order valence-corrected chi connectivity index (χ0v) is 16.6. The fraction of sp³-hybridized carbons (Fsp3) is 0.529. The van der Waals surface area contributed by atoms with Gasteiger partial charge in [-0.05, 0) is 6.42 Å². The standard InChI is InChI=1S/C17H22N4O4S2/c1-25-17(24)12-8-19-15(16-18-4-6-27-16)20-13(12)9-21-5-7-26-10-11(21)2-3-14(22)23/h4,6,11H,2-3,5,7-10H2,1H3,(H,19,20)(H,22,23). The number of thioether (sulfide) groups is 1. The van der Waals surface area contributed by atoms with Gasteiger partial charge in [0.1, 0.15) is 0 Å². The first-order valence-electron chi connectivity index (χ1n) is 8.63. The first-order chi connectivity index (χ1) is 13.1. The molecular formula is C17H22N4O4S2. The highest BCUT2D eigenvalue weighted by molar-refractivity contribution is 7.99. The summed E-state index contributed by atoms with van der Waals surface area (Å²) in [6.45, 7) is 1.62. The molecule has 27 heavy (non-hydrogen) atoms. The Balaban J connectivity index is 1.77. The Morgan fingerprint density at radius 1 is 1.48 bits per heavy atom. The number of carbonyl (C=O) groups excluding carboxylic acids is 1. The van der Waals surface area contributed by atoms with E-state index in [0.29, 0.717) is 24.4 Å². The smallest absolute Gasteiger partial charge is 0.337 e. The number of carbonyl (C=O) groups is 2. The van der Waals surface area contributed by atoms with Crippen LogP contribution in [0.3, 0.4) is 0 Å². The number of nitrogens with one attached hydrogen (secondary N) is 1. The van der Waals surface area contributed by atoms with Gasteiger partial charge in [-0.15, -0.1) is 11.3 Å². The minimum atomic E-state index is -0.783. The summed E-state index contributed by atoms with van der Waals surface area (Å²) in [5.74, 6) is 1.35. The molecule has 1 saturated heterocycles. The molecule has 1 unspecified atom stereocenters. The van der Waals surface area contributed by atoms with Crippen molar-refractivity contribution >= 4 is 40.9 Å². The monoisotopic (exact) mass is 410 g/mol. The third kappa shape index (κ3) is 5.08. The molecule has 2 aliphatic rings. The normalized spacial score (nSPS) is 20.8. The van der Waals surface area contributed by atoms with E-state index in [4.69, 9.17) is 9.84 Å². The number of rotatable bonds is 7. The van der Waals surface area contributed by atoms with E-state index in [9.17, 15) is 9.59 Å². The average molecular weight is 411 g/mol. The van der Waals surface area contributed by atoms with E-state index in [1.54, 1.807) is 6.20 Å². The van der Waals surface area contributed by atoms with Crippen molar-refractivity contribution in [2.24, 2.45) is 4.99 Å². The molecule has 0 aromatic carbocycles. The molecule has 8 nitrogen and oxygen atoms in total. The number of methoxy groups -OCH3 is 1. The summed E-state index contributed by atoms with van der Waals surface area (Å²) in [5, 5.41) is 14.9. The molecule has 1 atom stereocenters. The summed E-state index contributed by atoms with van der Waals surface area (Å²) in [5.41, 5.74) is 1.27. The molecule has 0 aliphatic carbocycles. The SMILES string of the molecule is COC(=O)C1=C(CN2CCSCC2CCC(=O)O)NC(c2nccs2)=NC1. The molecule has 10 heteroatoms. The molecule has 2 aliphatic heterocycles. The highest BCUT2D eigenvalue weighted by Gasteiger charge is 2.29. The van der Waals surface area contributed by atoms with Gasteiger partial charge in [-0.1, -0.05) is 0 Å². The van der Waals surface area contributed by atoms with Crippen molar-refractivity contribution in [2.75, 3.05) is 38.2 Å². The predicted molar refractivity (Wildman–Crippen MR) is 105 cm³/mol. The predicted octanol–water partition coefficient (Wildman–Crippen LogP) is 1.20. The maximum Gasteiger partial charge on any atom is 0.337 e. The van der Waals surface area contributed by atoms with Crippen LogP contribution in [-0.2, 0) is 14.3 Å². The Labute approximate surface area is 165 Å². The van der Waals surface area contributed by atoms with Crippen molar-refractivity contribution in [3.05, 3.63) is 27.9 Å². The van der Waals surface area contributed by atoms with Crippen molar-refractivity contribution in [3.8, 4) is 0 Å². The van der Waals surface area contributed by atoms with Crippen LogP contribution in [0.5, 0.6) is 0 Å². The second-order valence-electron chi connectivity index (χ2n) is 6.21. The zero-order chi connectivity index (χ0) is 19.2. The summed E-state index contributed by atoms with van der Waals surface area (Å²) in [4.78, 5) is 34.1. The van der Waals surface area contributed by atoms with Crippen molar-refractivity contribution < 1.29 is 19.4 Å². The summed E-state index contributed by atoms with van der Waals surface area (Å²) in [7, 11) is 1.36. The fourth-order valence-electron chi connectivity index (χ4n) is 3.08. The van der Waals surface area contributed by atoms with Crippen LogP contribution in [0.15, 0.2) is 27.8 Å². The Morgan fingerprint density at radius 3 is 3.04 bits per heavy atom. The lowest BCUT2D eigenvalue weighted by Gasteiger charge is -2.36. The van der Waals surface area contributed by atoms with Gasteiger partial charge in [0, 0.05) is 54.3 Å². The third-order valence-corrected chi connectivity index (χ3v) is 6.37. The maximum atomic E-state index is 12.2. The average Bonchev–Trinajstić information content (AvgIpc) is 3.21. The van der Waals surface area contributed by atoms with Crippen LogP contribution in [0.1, 0.15) is 17.8 Å². The number of carboxylic acid groups (broad SMARTS) is 1. The number of thiazole rings is 1. The van der Waals surface area contributed by atoms with E-state index in [-0.39, 0.29) is 19.0 Å². The lowest BCUT2D eigenvalue weighted by atomic mass is 10.1. The van der Waals surface area contributed by atoms with Crippen molar-refractivity contribution in [1.82, 2.24) is 15.2 Å². The van der Waals surface area contributed by atoms with E-state index in [1.807, 2.05) is 17.1 Å². The Kier molecular flexibility index (Phi) is 6.86. The van der Waals surface area contributed by atoms with E-state index >= 15 is 0 Å². The number of aliphatic imine (C=N–C) groups is 1. The summed E-state index contributed by atoms with van der Waals surface area (Å²) < 4.78 is 4.92. The Bertz CT molecular complexity index is 748. The summed E-state index contributed by atoms with van der Waals surface area (Å²) >= 11 is 3.32. The van der Waals surface area contributed by atoms with Crippen molar-refractivity contribution in [1.29, 1.82) is 0 Å². The molecule has 0 amide bonds. The van der Waals surface area contributed by atoms with Gasteiger partial charge in [0.2, 0.25) is 0 Å².